The van der Waals surface area contributed by atoms with E-state index in [1.54, 1.807) is 0 Å². The molecule has 1 aromatic heterocycles. The van der Waals surface area contributed by atoms with E-state index in [0.29, 0.717) is 12.0 Å². The zero-order valence-corrected chi connectivity index (χ0v) is 12.2. The number of nitrogens with zero attached hydrogens (tertiary/aromatic N) is 2. The standard InChI is InChI=1S/C13H14BrClN2O/c14-9-3-4-12-11(6-9)16-13(7-15)17(12)8-10-2-1-5-18-10/h3-4,6,10H,1-2,5,7-8H2. The summed E-state index contributed by atoms with van der Waals surface area (Å²) in [4.78, 5) is 4.58. The van der Waals surface area contributed by atoms with E-state index in [1.807, 2.05) is 12.1 Å². The van der Waals surface area contributed by atoms with Crippen LogP contribution in [0.4, 0.5) is 0 Å². The summed E-state index contributed by atoms with van der Waals surface area (Å²) >= 11 is 9.46. The average molecular weight is 330 g/mol. The largest absolute Gasteiger partial charge is 0.376 e. The molecule has 0 bridgehead atoms. The van der Waals surface area contributed by atoms with Gasteiger partial charge in [-0.05, 0) is 31.0 Å². The highest BCUT2D eigenvalue weighted by atomic mass is 79.9. The molecule has 1 saturated heterocycles. The molecule has 1 fully saturated rings. The number of benzene rings is 1. The van der Waals surface area contributed by atoms with Crippen molar-refractivity contribution >= 4 is 38.6 Å². The normalized spacial score (nSPS) is 19.8. The van der Waals surface area contributed by atoms with Crippen LogP contribution in [0, 0.1) is 0 Å². The number of fused-ring (bicyclic) bond motifs is 1. The summed E-state index contributed by atoms with van der Waals surface area (Å²) in [6.45, 7) is 1.72. The fourth-order valence-corrected chi connectivity index (χ4v) is 3.00. The lowest BCUT2D eigenvalue weighted by atomic mass is 10.2. The Balaban J connectivity index is 2.01. The number of rotatable bonds is 3. The van der Waals surface area contributed by atoms with Crippen LogP contribution >= 0.6 is 27.5 Å². The van der Waals surface area contributed by atoms with E-state index >= 15 is 0 Å². The van der Waals surface area contributed by atoms with Gasteiger partial charge in [-0.2, -0.15) is 0 Å². The lowest BCUT2D eigenvalue weighted by Crippen LogP contribution is -2.16. The highest BCUT2D eigenvalue weighted by Gasteiger charge is 2.19. The SMILES string of the molecule is ClCc1nc2cc(Br)ccc2n1CC1CCCO1. The zero-order valence-electron chi connectivity index (χ0n) is 9.90. The molecule has 96 valence electrons. The average Bonchev–Trinajstić information content (AvgIpc) is 2.97. The molecule has 2 aromatic rings. The van der Waals surface area contributed by atoms with Crippen LogP contribution in [0.5, 0.6) is 0 Å². The van der Waals surface area contributed by atoms with E-state index in [9.17, 15) is 0 Å². The molecule has 0 aliphatic carbocycles. The summed E-state index contributed by atoms with van der Waals surface area (Å²) in [5.74, 6) is 1.35. The quantitative estimate of drug-likeness (QED) is 0.803. The topological polar surface area (TPSA) is 27.1 Å². The predicted molar refractivity (Wildman–Crippen MR) is 76.0 cm³/mol. The number of imidazole rings is 1. The summed E-state index contributed by atoms with van der Waals surface area (Å²) < 4.78 is 8.92. The first-order chi connectivity index (χ1) is 8.78. The predicted octanol–water partition coefficient (Wildman–Crippen LogP) is 3.72. The highest BCUT2D eigenvalue weighted by Crippen LogP contribution is 2.24. The third-order valence-corrected chi connectivity index (χ3v) is 4.05. The first-order valence-electron chi connectivity index (χ1n) is 6.10. The van der Waals surface area contributed by atoms with Gasteiger partial charge in [-0.25, -0.2) is 4.98 Å². The minimum absolute atomic E-state index is 0.299. The molecule has 0 amide bonds. The Hall–Kier alpha value is -0.580. The number of ether oxygens (including phenoxy) is 1. The van der Waals surface area contributed by atoms with Gasteiger partial charge in [0.15, 0.2) is 0 Å². The molecule has 0 radical (unpaired) electrons. The molecule has 1 aliphatic rings. The summed E-state index contributed by atoms with van der Waals surface area (Å²) in [5.41, 5.74) is 2.11. The summed E-state index contributed by atoms with van der Waals surface area (Å²) in [6.07, 6.45) is 2.57. The van der Waals surface area contributed by atoms with Crippen molar-refractivity contribution in [3.63, 3.8) is 0 Å². The minimum Gasteiger partial charge on any atom is -0.376 e. The van der Waals surface area contributed by atoms with Crippen molar-refractivity contribution in [2.24, 2.45) is 0 Å². The second kappa shape index (κ2) is 5.19. The smallest absolute Gasteiger partial charge is 0.124 e. The Bertz CT molecular complexity index is 563. The van der Waals surface area contributed by atoms with Gasteiger partial charge in [-0.1, -0.05) is 15.9 Å². The molecule has 5 heteroatoms. The van der Waals surface area contributed by atoms with Crippen LogP contribution in [-0.4, -0.2) is 22.3 Å². The second-order valence-electron chi connectivity index (χ2n) is 4.54. The maximum Gasteiger partial charge on any atom is 0.124 e. The first kappa shape index (κ1) is 12.5. The number of aromatic nitrogens is 2. The molecular formula is C13H14BrClN2O. The number of hydrogen-bond donors (Lipinski definition) is 0. The van der Waals surface area contributed by atoms with Crippen LogP contribution < -0.4 is 0 Å². The van der Waals surface area contributed by atoms with Gasteiger partial charge >= 0.3 is 0 Å². The van der Waals surface area contributed by atoms with Crippen molar-refractivity contribution < 1.29 is 4.74 Å². The highest BCUT2D eigenvalue weighted by molar-refractivity contribution is 9.10. The van der Waals surface area contributed by atoms with Crippen molar-refractivity contribution in [1.82, 2.24) is 9.55 Å². The number of halogens is 2. The fourth-order valence-electron chi connectivity index (χ4n) is 2.45. The van der Waals surface area contributed by atoms with Gasteiger partial charge in [0.1, 0.15) is 5.82 Å². The Morgan fingerprint density at radius 2 is 2.39 bits per heavy atom. The molecule has 3 rings (SSSR count). The van der Waals surface area contributed by atoms with Gasteiger partial charge in [0, 0.05) is 11.1 Å². The number of hydrogen-bond acceptors (Lipinski definition) is 2. The Morgan fingerprint density at radius 1 is 1.50 bits per heavy atom. The summed E-state index contributed by atoms with van der Waals surface area (Å²) in [6, 6.07) is 6.14. The van der Waals surface area contributed by atoms with Gasteiger partial charge in [0.25, 0.3) is 0 Å². The molecule has 1 atom stereocenters. The van der Waals surface area contributed by atoms with Gasteiger partial charge in [0.2, 0.25) is 0 Å². The second-order valence-corrected chi connectivity index (χ2v) is 5.72. The van der Waals surface area contributed by atoms with Crippen LogP contribution in [0.25, 0.3) is 11.0 Å². The number of alkyl halides is 1. The van der Waals surface area contributed by atoms with E-state index in [0.717, 1.165) is 47.3 Å². The minimum atomic E-state index is 0.299. The molecule has 18 heavy (non-hydrogen) atoms. The van der Waals surface area contributed by atoms with Crippen molar-refractivity contribution in [3.05, 3.63) is 28.5 Å². The van der Waals surface area contributed by atoms with E-state index < -0.39 is 0 Å². The van der Waals surface area contributed by atoms with E-state index in [4.69, 9.17) is 16.3 Å². The Kier molecular flexibility index (Phi) is 3.59. The molecule has 3 nitrogen and oxygen atoms in total. The summed E-state index contributed by atoms with van der Waals surface area (Å²) in [7, 11) is 0. The molecule has 1 aromatic carbocycles. The lowest BCUT2D eigenvalue weighted by Gasteiger charge is -2.13. The molecule has 0 N–H and O–H groups in total. The fraction of sp³-hybridized carbons (Fsp3) is 0.462. The van der Waals surface area contributed by atoms with Crippen LogP contribution in [0.1, 0.15) is 18.7 Å². The van der Waals surface area contributed by atoms with Crippen LogP contribution in [-0.2, 0) is 17.2 Å². The van der Waals surface area contributed by atoms with Gasteiger partial charge < -0.3 is 9.30 Å². The zero-order chi connectivity index (χ0) is 12.5. The van der Waals surface area contributed by atoms with Crippen molar-refractivity contribution in [2.75, 3.05) is 6.61 Å². The van der Waals surface area contributed by atoms with Crippen LogP contribution in [0.3, 0.4) is 0 Å². The van der Waals surface area contributed by atoms with Crippen LogP contribution in [0.15, 0.2) is 22.7 Å². The lowest BCUT2D eigenvalue weighted by molar-refractivity contribution is 0.0974. The summed E-state index contributed by atoms with van der Waals surface area (Å²) in [5, 5.41) is 0. The molecule has 0 saturated carbocycles. The molecule has 1 aliphatic heterocycles. The van der Waals surface area contributed by atoms with Gasteiger partial charge in [-0.15, -0.1) is 11.6 Å². The van der Waals surface area contributed by atoms with Gasteiger partial charge in [0.05, 0.1) is 29.6 Å². The van der Waals surface area contributed by atoms with Crippen molar-refractivity contribution in [2.45, 2.75) is 31.4 Å². The maximum atomic E-state index is 5.99. The van der Waals surface area contributed by atoms with Crippen molar-refractivity contribution in [1.29, 1.82) is 0 Å². The monoisotopic (exact) mass is 328 g/mol. The first-order valence-corrected chi connectivity index (χ1v) is 7.43. The van der Waals surface area contributed by atoms with E-state index in [-0.39, 0.29) is 0 Å². The third-order valence-electron chi connectivity index (χ3n) is 3.32. The molecule has 1 unspecified atom stereocenters. The molecule has 2 heterocycles. The Morgan fingerprint density at radius 3 is 3.11 bits per heavy atom. The maximum absolute atomic E-state index is 5.99. The molecule has 0 spiro atoms. The van der Waals surface area contributed by atoms with E-state index in [1.165, 1.54) is 0 Å². The van der Waals surface area contributed by atoms with Gasteiger partial charge in [-0.3, -0.25) is 0 Å². The molecular weight excluding hydrogens is 316 g/mol. The van der Waals surface area contributed by atoms with Crippen LogP contribution in [0.2, 0.25) is 0 Å². The Labute approximate surface area is 119 Å². The third kappa shape index (κ3) is 2.29. The van der Waals surface area contributed by atoms with E-state index in [2.05, 4.69) is 31.5 Å². The van der Waals surface area contributed by atoms with Crippen molar-refractivity contribution in [3.8, 4) is 0 Å².